The summed E-state index contributed by atoms with van der Waals surface area (Å²) in [5.41, 5.74) is 0.0400. The van der Waals surface area contributed by atoms with Gasteiger partial charge in [0.05, 0.1) is 6.10 Å². The third kappa shape index (κ3) is 2.62. The lowest BCUT2D eigenvalue weighted by Crippen LogP contribution is -2.63. The number of hydrogen-bond acceptors (Lipinski definition) is 2. The Kier molecular flexibility index (Phi) is 3.97. The maximum atomic E-state index is 11.4. The van der Waals surface area contributed by atoms with Crippen molar-refractivity contribution in [2.45, 2.75) is 45.8 Å². The van der Waals surface area contributed by atoms with E-state index in [9.17, 15) is 4.79 Å². The molecular weight excluding hydrogens is 192 g/mol. The molecule has 0 spiro atoms. The first-order chi connectivity index (χ1) is 7.02. The highest BCUT2D eigenvalue weighted by molar-refractivity contribution is 5.74. The molecule has 0 radical (unpaired) electrons. The van der Waals surface area contributed by atoms with Crippen molar-refractivity contribution in [3.63, 3.8) is 0 Å². The minimum absolute atomic E-state index is 0.0400. The van der Waals surface area contributed by atoms with Gasteiger partial charge in [-0.05, 0) is 12.8 Å². The number of ether oxygens (including phenoxy) is 1. The van der Waals surface area contributed by atoms with Crippen LogP contribution >= 0.6 is 0 Å². The van der Waals surface area contributed by atoms with Gasteiger partial charge in [-0.3, -0.25) is 0 Å². The molecule has 4 heteroatoms. The molecule has 0 aromatic carbocycles. The third-order valence-electron chi connectivity index (χ3n) is 3.30. The molecule has 2 unspecified atom stereocenters. The van der Waals surface area contributed by atoms with E-state index in [1.54, 1.807) is 7.11 Å². The predicted molar refractivity (Wildman–Crippen MR) is 59.8 cm³/mol. The van der Waals surface area contributed by atoms with Crippen LogP contribution in [0.3, 0.4) is 0 Å². The summed E-state index contributed by atoms with van der Waals surface area (Å²) in [6, 6.07) is 0.156. The van der Waals surface area contributed by atoms with Crippen molar-refractivity contribution in [3.05, 3.63) is 0 Å². The smallest absolute Gasteiger partial charge is 0.315 e. The molecule has 0 heterocycles. The van der Waals surface area contributed by atoms with Crippen LogP contribution < -0.4 is 10.6 Å². The molecular formula is C11H22N2O2. The average molecular weight is 214 g/mol. The highest BCUT2D eigenvalue weighted by Crippen LogP contribution is 2.42. The maximum absolute atomic E-state index is 11.4. The fourth-order valence-electron chi connectivity index (χ4n) is 1.98. The van der Waals surface area contributed by atoms with Gasteiger partial charge in [0, 0.05) is 25.1 Å². The Morgan fingerprint density at radius 1 is 1.53 bits per heavy atom. The zero-order chi connectivity index (χ0) is 11.5. The predicted octanol–water partition coefficient (Wildman–Crippen LogP) is 1.51. The van der Waals surface area contributed by atoms with Crippen LogP contribution in [0.4, 0.5) is 4.79 Å². The molecule has 1 saturated carbocycles. The monoisotopic (exact) mass is 214 g/mol. The van der Waals surface area contributed by atoms with Crippen molar-refractivity contribution in [2.24, 2.45) is 5.41 Å². The minimum atomic E-state index is -0.0653. The van der Waals surface area contributed by atoms with E-state index in [1.807, 2.05) is 6.92 Å². The Bertz CT molecular complexity index is 229. The summed E-state index contributed by atoms with van der Waals surface area (Å²) >= 11 is 0. The average Bonchev–Trinajstić information content (AvgIpc) is 2.20. The summed E-state index contributed by atoms with van der Waals surface area (Å²) < 4.78 is 5.32. The lowest BCUT2D eigenvalue weighted by Gasteiger charge is -2.51. The fraction of sp³-hybridized carbons (Fsp3) is 0.909. The second-order valence-electron chi connectivity index (χ2n) is 4.73. The van der Waals surface area contributed by atoms with E-state index >= 15 is 0 Å². The molecule has 0 bridgehead atoms. The van der Waals surface area contributed by atoms with Gasteiger partial charge in [-0.2, -0.15) is 0 Å². The van der Waals surface area contributed by atoms with Crippen LogP contribution in [0.25, 0.3) is 0 Å². The van der Waals surface area contributed by atoms with E-state index in [1.165, 1.54) is 0 Å². The van der Waals surface area contributed by atoms with E-state index < -0.39 is 0 Å². The summed E-state index contributed by atoms with van der Waals surface area (Å²) in [6.07, 6.45) is 2.12. The Morgan fingerprint density at radius 2 is 2.20 bits per heavy atom. The van der Waals surface area contributed by atoms with Gasteiger partial charge >= 0.3 is 6.03 Å². The van der Waals surface area contributed by atoms with Gasteiger partial charge < -0.3 is 15.4 Å². The van der Waals surface area contributed by atoms with Gasteiger partial charge in [-0.15, -0.1) is 0 Å². The van der Waals surface area contributed by atoms with Crippen LogP contribution in [0.5, 0.6) is 0 Å². The van der Waals surface area contributed by atoms with Crippen molar-refractivity contribution in [2.75, 3.05) is 13.7 Å². The van der Waals surface area contributed by atoms with E-state index in [-0.39, 0.29) is 23.6 Å². The Labute approximate surface area is 91.8 Å². The number of amides is 2. The van der Waals surface area contributed by atoms with Gasteiger partial charge in [-0.25, -0.2) is 4.79 Å². The molecule has 1 fully saturated rings. The Morgan fingerprint density at radius 3 is 2.67 bits per heavy atom. The number of rotatable bonds is 4. The first kappa shape index (κ1) is 12.3. The standard InChI is InChI=1S/C11H22N2O2/c1-5-6-12-10(14)13-8-7-9(15-4)11(8,2)3/h8-9H,5-7H2,1-4H3,(H2,12,13,14). The summed E-state index contributed by atoms with van der Waals surface area (Å²) in [5.74, 6) is 0. The minimum Gasteiger partial charge on any atom is -0.381 e. The van der Waals surface area contributed by atoms with Crippen molar-refractivity contribution in [1.82, 2.24) is 10.6 Å². The molecule has 2 atom stereocenters. The van der Waals surface area contributed by atoms with Crippen LogP contribution in [0, 0.1) is 5.41 Å². The van der Waals surface area contributed by atoms with Crippen LogP contribution in [0.1, 0.15) is 33.6 Å². The second-order valence-corrected chi connectivity index (χ2v) is 4.73. The molecule has 4 nitrogen and oxygen atoms in total. The van der Waals surface area contributed by atoms with Crippen LogP contribution in [0.15, 0.2) is 0 Å². The van der Waals surface area contributed by atoms with Crippen molar-refractivity contribution in [1.29, 1.82) is 0 Å². The first-order valence-corrected chi connectivity index (χ1v) is 5.59. The highest BCUT2D eigenvalue weighted by atomic mass is 16.5. The first-order valence-electron chi connectivity index (χ1n) is 5.59. The molecule has 1 aliphatic carbocycles. The summed E-state index contributed by atoms with van der Waals surface area (Å²) in [7, 11) is 1.72. The topological polar surface area (TPSA) is 50.4 Å². The van der Waals surface area contributed by atoms with Crippen molar-refractivity contribution in [3.8, 4) is 0 Å². The van der Waals surface area contributed by atoms with Crippen LogP contribution in [-0.4, -0.2) is 31.8 Å². The zero-order valence-corrected chi connectivity index (χ0v) is 10.1. The Balaban J connectivity index is 2.32. The quantitative estimate of drug-likeness (QED) is 0.745. The van der Waals surface area contributed by atoms with Crippen molar-refractivity contribution >= 4 is 6.03 Å². The number of hydrogen-bond donors (Lipinski definition) is 2. The van der Waals surface area contributed by atoms with E-state index in [4.69, 9.17) is 4.74 Å². The van der Waals surface area contributed by atoms with Gasteiger partial charge in [0.2, 0.25) is 0 Å². The number of carbonyl (C=O) groups is 1. The van der Waals surface area contributed by atoms with Crippen LogP contribution in [0.2, 0.25) is 0 Å². The van der Waals surface area contributed by atoms with Crippen molar-refractivity contribution < 1.29 is 9.53 Å². The fourth-order valence-corrected chi connectivity index (χ4v) is 1.98. The Hall–Kier alpha value is -0.770. The summed E-state index contributed by atoms with van der Waals surface area (Å²) in [4.78, 5) is 11.4. The van der Waals surface area contributed by atoms with Crippen LogP contribution in [-0.2, 0) is 4.74 Å². The molecule has 2 N–H and O–H groups in total. The number of methoxy groups -OCH3 is 1. The number of urea groups is 1. The van der Waals surface area contributed by atoms with Gasteiger partial charge in [-0.1, -0.05) is 20.8 Å². The van der Waals surface area contributed by atoms with E-state index in [0.717, 1.165) is 19.4 Å². The summed E-state index contributed by atoms with van der Waals surface area (Å²) in [6.45, 7) is 7.01. The molecule has 2 amide bonds. The molecule has 1 aliphatic rings. The van der Waals surface area contributed by atoms with Gasteiger partial charge in [0.15, 0.2) is 0 Å². The zero-order valence-electron chi connectivity index (χ0n) is 10.1. The molecule has 88 valence electrons. The lowest BCUT2D eigenvalue weighted by atomic mass is 9.64. The summed E-state index contributed by atoms with van der Waals surface area (Å²) in [5, 5.41) is 5.79. The molecule has 15 heavy (non-hydrogen) atoms. The number of nitrogens with one attached hydrogen (secondary N) is 2. The molecule has 0 aromatic rings. The lowest BCUT2D eigenvalue weighted by molar-refractivity contribution is -0.0935. The van der Waals surface area contributed by atoms with Gasteiger partial charge in [0.25, 0.3) is 0 Å². The number of carbonyl (C=O) groups excluding carboxylic acids is 1. The van der Waals surface area contributed by atoms with Gasteiger partial charge in [0.1, 0.15) is 0 Å². The van der Waals surface area contributed by atoms with E-state index in [0.29, 0.717) is 0 Å². The SMILES string of the molecule is CCCNC(=O)NC1CC(OC)C1(C)C. The second kappa shape index (κ2) is 4.84. The molecule has 1 rings (SSSR count). The largest absolute Gasteiger partial charge is 0.381 e. The molecule has 0 saturated heterocycles. The third-order valence-corrected chi connectivity index (χ3v) is 3.30. The molecule has 0 aliphatic heterocycles. The maximum Gasteiger partial charge on any atom is 0.315 e. The molecule has 0 aromatic heterocycles. The highest BCUT2D eigenvalue weighted by Gasteiger charge is 2.49. The normalized spacial score (nSPS) is 28.0. The van der Waals surface area contributed by atoms with E-state index in [2.05, 4.69) is 24.5 Å².